The van der Waals surface area contributed by atoms with E-state index in [0.717, 1.165) is 5.56 Å². The Kier molecular flexibility index (Phi) is 4.87. The van der Waals surface area contributed by atoms with Gasteiger partial charge in [-0.2, -0.15) is 0 Å². The summed E-state index contributed by atoms with van der Waals surface area (Å²) in [4.78, 5) is 25.7. The Morgan fingerprint density at radius 3 is 2.60 bits per heavy atom. The maximum atomic E-state index is 12.7. The van der Waals surface area contributed by atoms with Crippen LogP contribution < -0.4 is 10.2 Å². The van der Waals surface area contributed by atoms with Crippen LogP contribution in [0.3, 0.4) is 0 Å². The molecule has 2 aromatic carbocycles. The lowest BCUT2D eigenvalue weighted by atomic mass is 10.2. The smallest absolute Gasteiger partial charge is 0.270 e. The lowest BCUT2D eigenvalue weighted by Crippen LogP contribution is -2.27. The number of nitrogens with one attached hydrogen (secondary N) is 1. The molecule has 0 spiro atoms. The van der Waals surface area contributed by atoms with Gasteiger partial charge >= 0.3 is 0 Å². The number of phenols is 1. The molecule has 126 valence electrons. The highest BCUT2D eigenvalue weighted by Crippen LogP contribution is 2.36. The number of amides is 2. The number of phenolic OH excluding ortho intramolecular Hbond substituents is 1. The fourth-order valence-electron chi connectivity index (χ4n) is 2.35. The first-order valence-electron chi connectivity index (χ1n) is 7.39. The molecular formula is C18H14N2O3S2. The monoisotopic (exact) mass is 370 g/mol. The molecule has 1 aliphatic heterocycles. The van der Waals surface area contributed by atoms with Crippen molar-refractivity contribution in [2.45, 2.75) is 6.92 Å². The van der Waals surface area contributed by atoms with Gasteiger partial charge < -0.3 is 10.4 Å². The van der Waals surface area contributed by atoms with Crippen molar-refractivity contribution >= 4 is 57.6 Å². The average Bonchev–Trinajstić information content (AvgIpc) is 2.82. The van der Waals surface area contributed by atoms with Gasteiger partial charge in [-0.3, -0.25) is 14.5 Å². The highest BCUT2D eigenvalue weighted by atomic mass is 32.2. The van der Waals surface area contributed by atoms with Crippen molar-refractivity contribution in [1.82, 2.24) is 0 Å². The van der Waals surface area contributed by atoms with Gasteiger partial charge in [-0.25, -0.2) is 0 Å². The minimum atomic E-state index is -0.217. The van der Waals surface area contributed by atoms with Crippen LogP contribution in [0, 0.1) is 0 Å². The predicted molar refractivity (Wildman–Crippen MR) is 105 cm³/mol. The number of thioether (sulfide) groups is 1. The van der Waals surface area contributed by atoms with E-state index in [1.807, 2.05) is 0 Å². The fourth-order valence-corrected chi connectivity index (χ4v) is 3.65. The number of carbonyl (C=O) groups is 2. The lowest BCUT2D eigenvalue weighted by molar-refractivity contribution is -0.114. The van der Waals surface area contributed by atoms with E-state index in [1.54, 1.807) is 54.6 Å². The minimum absolute atomic E-state index is 0.137. The molecule has 7 heteroatoms. The Balaban J connectivity index is 1.85. The molecule has 2 N–H and O–H groups in total. The predicted octanol–water partition coefficient (Wildman–Crippen LogP) is 3.76. The molecule has 25 heavy (non-hydrogen) atoms. The molecule has 2 aromatic rings. The van der Waals surface area contributed by atoms with Crippen LogP contribution in [0.4, 0.5) is 11.4 Å². The van der Waals surface area contributed by atoms with E-state index >= 15 is 0 Å². The van der Waals surface area contributed by atoms with E-state index in [1.165, 1.54) is 23.6 Å². The van der Waals surface area contributed by atoms with Crippen molar-refractivity contribution in [3.8, 4) is 5.75 Å². The maximum absolute atomic E-state index is 12.7. The van der Waals surface area contributed by atoms with Gasteiger partial charge in [-0.15, -0.1) is 0 Å². The molecule has 0 bridgehead atoms. The largest absolute Gasteiger partial charge is 0.508 e. The zero-order valence-corrected chi connectivity index (χ0v) is 14.9. The van der Waals surface area contributed by atoms with Crippen LogP contribution >= 0.6 is 24.0 Å². The molecule has 1 fully saturated rings. The van der Waals surface area contributed by atoms with Crippen molar-refractivity contribution < 1.29 is 14.7 Å². The van der Waals surface area contributed by atoms with Crippen molar-refractivity contribution in [1.29, 1.82) is 0 Å². The number of aromatic hydroxyl groups is 1. The molecule has 0 atom stereocenters. The SMILES string of the molecule is CC(=O)Nc1ccc(N2C(=O)C(=Cc3cccc(O)c3)SC2=S)cc1. The normalized spacial score (nSPS) is 15.7. The summed E-state index contributed by atoms with van der Waals surface area (Å²) in [6, 6.07) is 13.5. The van der Waals surface area contributed by atoms with Gasteiger partial charge in [-0.05, 0) is 48.0 Å². The minimum Gasteiger partial charge on any atom is -0.508 e. The maximum Gasteiger partial charge on any atom is 0.270 e. The fraction of sp³-hybridized carbons (Fsp3) is 0.0556. The Morgan fingerprint density at radius 1 is 1.24 bits per heavy atom. The molecule has 5 nitrogen and oxygen atoms in total. The van der Waals surface area contributed by atoms with Crippen LogP contribution in [0.15, 0.2) is 53.4 Å². The van der Waals surface area contributed by atoms with E-state index in [2.05, 4.69) is 5.32 Å². The molecule has 0 aromatic heterocycles. The van der Waals surface area contributed by atoms with Crippen molar-refractivity contribution in [3.63, 3.8) is 0 Å². The molecule has 1 aliphatic rings. The second kappa shape index (κ2) is 7.08. The zero-order chi connectivity index (χ0) is 18.0. The van der Waals surface area contributed by atoms with Crippen molar-refractivity contribution in [2.75, 3.05) is 10.2 Å². The number of hydrogen-bond donors (Lipinski definition) is 2. The number of benzene rings is 2. The molecule has 3 rings (SSSR count). The summed E-state index contributed by atoms with van der Waals surface area (Å²) in [6.07, 6.45) is 1.70. The van der Waals surface area contributed by atoms with Gasteiger partial charge in [0.05, 0.1) is 10.6 Å². The molecule has 2 amide bonds. The Hall–Kier alpha value is -2.64. The first-order chi connectivity index (χ1) is 11.9. The number of hydrogen-bond acceptors (Lipinski definition) is 5. The van der Waals surface area contributed by atoms with Crippen LogP contribution in [0.2, 0.25) is 0 Å². The second-order valence-corrected chi connectivity index (χ2v) is 7.02. The molecular weight excluding hydrogens is 356 g/mol. The Morgan fingerprint density at radius 2 is 1.96 bits per heavy atom. The van der Waals surface area contributed by atoms with Crippen LogP contribution in [0.1, 0.15) is 12.5 Å². The second-order valence-electron chi connectivity index (χ2n) is 5.34. The average molecular weight is 370 g/mol. The third kappa shape index (κ3) is 3.89. The van der Waals surface area contributed by atoms with Crippen LogP contribution in [0.25, 0.3) is 6.08 Å². The van der Waals surface area contributed by atoms with E-state index in [4.69, 9.17) is 12.2 Å². The summed E-state index contributed by atoms with van der Waals surface area (Å²) in [5.74, 6) is -0.240. The first-order valence-corrected chi connectivity index (χ1v) is 8.61. The Bertz CT molecular complexity index is 891. The highest BCUT2D eigenvalue weighted by Gasteiger charge is 2.33. The highest BCUT2D eigenvalue weighted by molar-refractivity contribution is 8.27. The van der Waals surface area contributed by atoms with Crippen LogP contribution in [-0.4, -0.2) is 21.2 Å². The number of nitrogens with zero attached hydrogens (tertiary/aromatic N) is 1. The molecule has 0 aliphatic carbocycles. The number of rotatable bonds is 3. The molecule has 1 heterocycles. The third-order valence-corrected chi connectivity index (χ3v) is 4.71. The third-order valence-electron chi connectivity index (χ3n) is 3.41. The summed E-state index contributed by atoms with van der Waals surface area (Å²) in [7, 11) is 0. The quantitative estimate of drug-likeness (QED) is 0.636. The summed E-state index contributed by atoms with van der Waals surface area (Å²) < 4.78 is 0.434. The topological polar surface area (TPSA) is 69.6 Å². The molecule has 1 saturated heterocycles. The molecule has 0 radical (unpaired) electrons. The summed E-state index contributed by atoms with van der Waals surface area (Å²) in [5, 5.41) is 12.2. The summed E-state index contributed by atoms with van der Waals surface area (Å²) in [6.45, 7) is 1.43. The number of thiocarbonyl (C=S) groups is 1. The summed E-state index contributed by atoms with van der Waals surface area (Å²) in [5.41, 5.74) is 2.01. The zero-order valence-electron chi connectivity index (χ0n) is 13.2. The Labute approximate surface area is 154 Å². The molecule has 0 unspecified atom stereocenters. The number of anilines is 2. The van der Waals surface area contributed by atoms with Crippen molar-refractivity contribution in [2.24, 2.45) is 0 Å². The van der Waals surface area contributed by atoms with Crippen molar-refractivity contribution in [3.05, 3.63) is 59.0 Å². The first kappa shape index (κ1) is 17.2. The van der Waals surface area contributed by atoms with E-state index in [9.17, 15) is 14.7 Å². The standard InChI is InChI=1S/C18H14N2O3S2/c1-11(21)19-13-5-7-14(8-6-13)20-17(23)16(25-18(20)24)10-12-3-2-4-15(22)9-12/h2-10,22H,1H3,(H,19,21). The van der Waals surface area contributed by atoms with Crippen LogP contribution in [-0.2, 0) is 9.59 Å². The number of carbonyl (C=O) groups excluding carboxylic acids is 2. The van der Waals surface area contributed by atoms with Gasteiger partial charge in [-0.1, -0.05) is 36.1 Å². The van der Waals surface area contributed by atoms with Gasteiger partial charge in [0, 0.05) is 12.6 Å². The van der Waals surface area contributed by atoms with E-state index in [-0.39, 0.29) is 17.6 Å². The van der Waals surface area contributed by atoms with Gasteiger partial charge in [0.1, 0.15) is 5.75 Å². The van der Waals surface area contributed by atoms with Gasteiger partial charge in [0.15, 0.2) is 4.32 Å². The van der Waals surface area contributed by atoms with E-state index < -0.39 is 0 Å². The van der Waals surface area contributed by atoms with Crippen LogP contribution in [0.5, 0.6) is 5.75 Å². The summed E-state index contributed by atoms with van der Waals surface area (Å²) >= 11 is 6.54. The lowest BCUT2D eigenvalue weighted by Gasteiger charge is -2.15. The van der Waals surface area contributed by atoms with Gasteiger partial charge in [0.25, 0.3) is 5.91 Å². The van der Waals surface area contributed by atoms with Gasteiger partial charge in [0.2, 0.25) is 5.91 Å². The molecule has 0 saturated carbocycles. The van der Waals surface area contributed by atoms with E-state index in [0.29, 0.717) is 20.6 Å².